The normalized spacial score (nSPS) is 10.0. The summed E-state index contributed by atoms with van der Waals surface area (Å²) in [6, 6.07) is 12.0. The Hall–Kier alpha value is -2.75. The molecule has 0 aliphatic heterocycles. The second-order valence-corrected chi connectivity index (χ2v) is 4.49. The van der Waals surface area contributed by atoms with Crippen molar-refractivity contribution in [2.24, 2.45) is 0 Å². The molecule has 0 saturated carbocycles. The van der Waals surface area contributed by atoms with Crippen molar-refractivity contribution in [1.29, 1.82) is 0 Å². The van der Waals surface area contributed by atoms with E-state index in [0.29, 0.717) is 33.9 Å². The van der Waals surface area contributed by atoms with E-state index >= 15 is 0 Å². The van der Waals surface area contributed by atoms with E-state index < -0.39 is 0 Å². The Balaban J connectivity index is 2.32. The van der Waals surface area contributed by atoms with Crippen molar-refractivity contribution in [3.8, 4) is 11.5 Å². The fourth-order valence-electron chi connectivity index (χ4n) is 1.96. The molecule has 21 heavy (non-hydrogen) atoms. The summed E-state index contributed by atoms with van der Waals surface area (Å²) in [7, 11) is 3.13. The van der Waals surface area contributed by atoms with Gasteiger partial charge < -0.3 is 15.2 Å². The molecule has 2 aromatic carbocycles. The summed E-state index contributed by atoms with van der Waals surface area (Å²) < 4.78 is 10.2. The van der Waals surface area contributed by atoms with Crippen LogP contribution in [0.2, 0.25) is 0 Å². The van der Waals surface area contributed by atoms with Gasteiger partial charge in [0.2, 0.25) is 0 Å². The second kappa shape index (κ2) is 6.13. The zero-order valence-electron chi connectivity index (χ0n) is 12.1. The van der Waals surface area contributed by atoms with E-state index in [9.17, 15) is 4.79 Å². The summed E-state index contributed by atoms with van der Waals surface area (Å²) in [5, 5.41) is 0. The van der Waals surface area contributed by atoms with Gasteiger partial charge in [-0.2, -0.15) is 0 Å². The maximum Gasteiger partial charge on any atom is 0.193 e. The molecule has 108 valence electrons. The van der Waals surface area contributed by atoms with Gasteiger partial charge in [0, 0.05) is 22.4 Å². The van der Waals surface area contributed by atoms with E-state index in [1.54, 1.807) is 56.7 Å². The van der Waals surface area contributed by atoms with E-state index in [-0.39, 0.29) is 5.78 Å². The minimum absolute atomic E-state index is 0.183. The molecule has 0 bridgehead atoms. The first-order chi connectivity index (χ1) is 10.1. The van der Waals surface area contributed by atoms with Crippen molar-refractivity contribution in [3.63, 3.8) is 0 Å². The van der Waals surface area contributed by atoms with Crippen LogP contribution >= 0.6 is 0 Å². The minimum Gasteiger partial charge on any atom is -0.497 e. The van der Waals surface area contributed by atoms with Crippen LogP contribution in [0.25, 0.3) is 5.57 Å². The third-order valence-corrected chi connectivity index (χ3v) is 3.21. The highest BCUT2D eigenvalue weighted by atomic mass is 16.5. The molecule has 0 spiro atoms. The van der Waals surface area contributed by atoms with E-state index in [1.807, 2.05) is 0 Å². The molecule has 0 heterocycles. The molecule has 0 aliphatic rings. The van der Waals surface area contributed by atoms with Gasteiger partial charge in [-0.25, -0.2) is 0 Å². The van der Waals surface area contributed by atoms with Crippen LogP contribution in [-0.2, 0) is 0 Å². The number of carbonyl (C=O) groups excluding carboxylic acids is 1. The maximum atomic E-state index is 12.5. The lowest BCUT2D eigenvalue weighted by Crippen LogP contribution is -2.04. The lowest BCUT2D eigenvalue weighted by Gasteiger charge is -2.10. The first-order valence-corrected chi connectivity index (χ1v) is 6.38. The highest BCUT2D eigenvalue weighted by Crippen LogP contribution is 2.28. The lowest BCUT2D eigenvalue weighted by molar-refractivity contribution is 0.105. The molecule has 0 fully saturated rings. The molecule has 0 aromatic heterocycles. The van der Waals surface area contributed by atoms with Crippen molar-refractivity contribution in [2.75, 3.05) is 20.0 Å². The number of Topliss-reactive ketones (excluding diaryl/α,β-unsaturated/α-hetero) is 1. The number of ketones is 1. The van der Waals surface area contributed by atoms with E-state index in [4.69, 9.17) is 15.2 Å². The van der Waals surface area contributed by atoms with Crippen LogP contribution in [0.15, 0.2) is 49.0 Å². The number of allylic oxidation sites excluding steroid dienone is 1. The maximum absolute atomic E-state index is 12.5. The molecule has 0 unspecified atom stereocenters. The zero-order valence-corrected chi connectivity index (χ0v) is 12.1. The third-order valence-electron chi connectivity index (χ3n) is 3.21. The molecule has 4 nitrogen and oxygen atoms in total. The molecule has 4 heteroatoms. The number of hydrogen-bond acceptors (Lipinski definition) is 4. The van der Waals surface area contributed by atoms with E-state index in [2.05, 4.69) is 6.58 Å². The first kappa shape index (κ1) is 14.7. The third kappa shape index (κ3) is 3.05. The van der Waals surface area contributed by atoms with Crippen LogP contribution in [-0.4, -0.2) is 20.0 Å². The molecule has 0 aliphatic carbocycles. The number of methoxy groups -OCH3 is 2. The van der Waals surface area contributed by atoms with Crippen LogP contribution in [0, 0.1) is 0 Å². The predicted octanol–water partition coefficient (Wildman–Crippen LogP) is 3.18. The smallest absolute Gasteiger partial charge is 0.193 e. The zero-order chi connectivity index (χ0) is 15.4. The number of carbonyl (C=O) groups is 1. The Kier molecular flexibility index (Phi) is 4.28. The van der Waals surface area contributed by atoms with Gasteiger partial charge in [-0.3, -0.25) is 4.79 Å². The quantitative estimate of drug-likeness (QED) is 0.520. The Morgan fingerprint density at radius 1 is 1.00 bits per heavy atom. The molecule has 0 saturated heterocycles. The summed E-state index contributed by atoms with van der Waals surface area (Å²) in [6.45, 7) is 3.86. The second-order valence-electron chi connectivity index (χ2n) is 4.49. The number of hydrogen-bond donors (Lipinski definition) is 1. The fourth-order valence-corrected chi connectivity index (χ4v) is 1.96. The number of nitrogen functional groups attached to an aromatic ring is 1. The predicted molar refractivity (Wildman–Crippen MR) is 83.8 cm³/mol. The number of rotatable bonds is 5. The summed E-state index contributed by atoms with van der Waals surface area (Å²) in [5.74, 6) is 1.14. The Labute approximate surface area is 123 Å². The van der Waals surface area contributed by atoms with Crippen molar-refractivity contribution >= 4 is 17.0 Å². The Bertz CT molecular complexity index is 675. The van der Waals surface area contributed by atoms with Gasteiger partial charge in [0.1, 0.15) is 11.5 Å². The lowest BCUT2D eigenvalue weighted by atomic mass is 9.97. The molecular formula is C17H17NO3. The molecule has 2 aromatic rings. The van der Waals surface area contributed by atoms with Crippen LogP contribution in [0.5, 0.6) is 11.5 Å². The van der Waals surface area contributed by atoms with Crippen molar-refractivity contribution in [3.05, 3.63) is 60.2 Å². The standard InChI is InChI=1S/C17H17NO3/c1-11(15-10-14(21-3)8-9-16(15)18)17(19)12-4-6-13(20-2)7-5-12/h4-10H,1,18H2,2-3H3. The molecular weight excluding hydrogens is 266 g/mol. The van der Waals surface area contributed by atoms with Gasteiger partial charge in [-0.05, 0) is 42.5 Å². The van der Waals surface area contributed by atoms with Crippen molar-refractivity contribution in [2.45, 2.75) is 0 Å². The SMILES string of the molecule is C=C(C(=O)c1ccc(OC)cc1)c1cc(OC)ccc1N. The molecule has 0 amide bonds. The van der Waals surface area contributed by atoms with E-state index in [1.165, 1.54) is 0 Å². The molecule has 2 rings (SSSR count). The van der Waals surface area contributed by atoms with Crippen LogP contribution in [0.3, 0.4) is 0 Å². The van der Waals surface area contributed by atoms with Crippen LogP contribution in [0.4, 0.5) is 5.69 Å². The molecule has 0 radical (unpaired) electrons. The average molecular weight is 283 g/mol. The summed E-state index contributed by atoms with van der Waals surface area (Å²) in [4.78, 5) is 12.5. The van der Waals surface area contributed by atoms with Crippen LogP contribution in [0.1, 0.15) is 15.9 Å². The monoisotopic (exact) mass is 283 g/mol. The number of ether oxygens (including phenoxy) is 2. The summed E-state index contributed by atoms with van der Waals surface area (Å²) >= 11 is 0. The van der Waals surface area contributed by atoms with Crippen molar-refractivity contribution in [1.82, 2.24) is 0 Å². The van der Waals surface area contributed by atoms with Gasteiger partial charge in [0.25, 0.3) is 0 Å². The summed E-state index contributed by atoms with van der Waals surface area (Å²) in [5.41, 5.74) is 7.85. The Morgan fingerprint density at radius 2 is 1.57 bits per heavy atom. The largest absolute Gasteiger partial charge is 0.497 e. The van der Waals surface area contributed by atoms with Crippen LogP contribution < -0.4 is 15.2 Å². The molecule has 2 N–H and O–H groups in total. The number of anilines is 1. The minimum atomic E-state index is -0.183. The highest BCUT2D eigenvalue weighted by Gasteiger charge is 2.15. The van der Waals surface area contributed by atoms with Gasteiger partial charge in [-0.15, -0.1) is 0 Å². The number of nitrogens with two attached hydrogens (primary N) is 1. The fraction of sp³-hybridized carbons (Fsp3) is 0.118. The van der Waals surface area contributed by atoms with Crippen molar-refractivity contribution < 1.29 is 14.3 Å². The van der Waals surface area contributed by atoms with E-state index in [0.717, 1.165) is 0 Å². The van der Waals surface area contributed by atoms with Gasteiger partial charge in [-0.1, -0.05) is 6.58 Å². The Morgan fingerprint density at radius 3 is 2.14 bits per heavy atom. The average Bonchev–Trinajstić information content (AvgIpc) is 2.54. The van der Waals surface area contributed by atoms with Gasteiger partial charge >= 0.3 is 0 Å². The van der Waals surface area contributed by atoms with Gasteiger partial charge in [0.15, 0.2) is 5.78 Å². The van der Waals surface area contributed by atoms with Gasteiger partial charge in [0.05, 0.1) is 14.2 Å². The summed E-state index contributed by atoms with van der Waals surface area (Å²) in [6.07, 6.45) is 0. The molecule has 0 atom stereocenters. The first-order valence-electron chi connectivity index (χ1n) is 6.38. The topological polar surface area (TPSA) is 61.5 Å². The highest BCUT2D eigenvalue weighted by molar-refractivity contribution is 6.29. The number of benzene rings is 2.